The Morgan fingerprint density at radius 3 is 2.67 bits per heavy atom. The Hall–Kier alpha value is -3.54. The maximum atomic E-state index is 16.6. The van der Waals surface area contributed by atoms with Crippen LogP contribution in [0.5, 0.6) is 5.75 Å². The monoisotopic (exact) mass is 570 g/mol. The maximum absolute atomic E-state index is 16.6. The number of aliphatic carboxylic acids is 1. The van der Waals surface area contributed by atoms with Gasteiger partial charge in [-0.1, -0.05) is 18.2 Å². The first-order chi connectivity index (χ1) is 19.1. The summed E-state index contributed by atoms with van der Waals surface area (Å²) < 4.78 is 41.2. The van der Waals surface area contributed by atoms with E-state index in [4.69, 9.17) is 18.6 Å². The smallest absolute Gasteiger partial charge is 0.313 e. The molecule has 1 N–H and O–H groups in total. The van der Waals surface area contributed by atoms with Crippen LogP contribution in [0.1, 0.15) is 55.2 Å². The fraction of sp³-hybridized carbons (Fsp3) is 0.414. The average Bonchev–Trinajstić information content (AvgIpc) is 3.59. The van der Waals surface area contributed by atoms with E-state index >= 15 is 4.39 Å². The number of aryl methyl sites for hydroxylation is 1. The molecule has 0 amide bonds. The quantitative estimate of drug-likeness (QED) is 0.288. The predicted octanol–water partition coefficient (Wildman–Crippen LogP) is 5.31. The van der Waals surface area contributed by atoms with Gasteiger partial charge in [0.1, 0.15) is 27.5 Å². The number of carbonyl (C=O) groups is 1. The van der Waals surface area contributed by atoms with Gasteiger partial charge in [0.25, 0.3) is 5.56 Å². The van der Waals surface area contributed by atoms with Crippen molar-refractivity contribution in [1.82, 2.24) is 9.38 Å². The highest BCUT2D eigenvalue weighted by atomic mass is 32.1. The third-order valence-electron chi connectivity index (χ3n) is 7.41. The van der Waals surface area contributed by atoms with Crippen molar-refractivity contribution in [3.63, 3.8) is 0 Å². The molecular weight excluding hydrogens is 539 g/mol. The van der Waals surface area contributed by atoms with Crippen LogP contribution >= 0.6 is 11.3 Å². The van der Waals surface area contributed by atoms with E-state index in [2.05, 4.69) is 4.98 Å². The number of thiazole rings is 1. The molecule has 3 aromatic heterocycles. The first-order valence-corrected chi connectivity index (χ1v) is 13.8. The fourth-order valence-electron chi connectivity index (χ4n) is 5.11. The predicted molar refractivity (Wildman–Crippen MR) is 147 cm³/mol. The molecule has 0 bridgehead atoms. The molecule has 0 unspecified atom stereocenters. The van der Waals surface area contributed by atoms with E-state index in [0.717, 1.165) is 5.56 Å². The molecule has 1 aliphatic heterocycles. The summed E-state index contributed by atoms with van der Waals surface area (Å²) in [6.45, 7) is 5.49. The molecule has 0 aliphatic carbocycles. The lowest BCUT2D eigenvalue weighted by Crippen LogP contribution is -2.38. The summed E-state index contributed by atoms with van der Waals surface area (Å²) in [6.07, 6.45) is 3.52. The van der Waals surface area contributed by atoms with Crippen LogP contribution in [0.15, 0.2) is 45.9 Å². The molecule has 1 fully saturated rings. The molecule has 11 heteroatoms. The second-order valence-corrected chi connectivity index (χ2v) is 11.3. The number of carboxylic acids is 1. The summed E-state index contributed by atoms with van der Waals surface area (Å²) in [5.41, 5.74) is -1.56. The SMILES string of the molecule is COc1ccccc1[C@H](Cc1c(F)c(C(C)(C)C(=O)O)c(=O)n2c(C)c(-c3ncco3)sc12)OC1CCOCC1. The van der Waals surface area contributed by atoms with Crippen LogP contribution in [0.3, 0.4) is 0 Å². The van der Waals surface area contributed by atoms with Crippen LogP contribution < -0.4 is 10.3 Å². The summed E-state index contributed by atoms with van der Waals surface area (Å²) >= 11 is 1.17. The summed E-state index contributed by atoms with van der Waals surface area (Å²) in [5.74, 6) is -1.29. The van der Waals surface area contributed by atoms with Crippen molar-refractivity contribution in [3.05, 3.63) is 75.3 Å². The van der Waals surface area contributed by atoms with E-state index in [0.29, 0.717) is 47.2 Å². The molecule has 1 saturated heterocycles. The summed E-state index contributed by atoms with van der Waals surface area (Å²) in [6, 6.07) is 7.38. The average molecular weight is 571 g/mol. The molecule has 5 rings (SSSR count). The van der Waals surface area contributed by atoms with Crippen LogP contribution in [-0.2, 0) is 26.1 Å². The van der Waals surface area contributed by atoms with Gasteiger partial charge in [0.15, 0.2) is 0 Å². The number of rotatable bonds is 9. The number of fused-ring (bicyclic) bond motifs is 1. The molecule has 0 saturated carbocycles. The fourth-order valence-corrected chi connectivity index (χ4v) is 6.34. The number of para-hydroxylation sites is 1. The minimum atomic E-state index is -1.80. The number of benzene rings is 1. The van der Waals surface area contributed by atoms with Crippen molar-refractivity contribution in [1.29, 1.82) is 0 Å². The number of hydrogen-bond donors (Lipinski definition) is 1. The molecule has 4 heterocycles. The summed E-state index contributed by atoms with van der Waals surface area (Å²) in [5, 5.41) is 9.99. The third-order valence-corrected chi connectivity index (χ3v) is 8.71. The van der Waals surface area contributed by atoms with Gasteiger partial charge in [-0.3, -0.25) is 14.0 Å². The van der Waals surface area contributed by atoms with Crippen molar-refractivity contribution >= 4 is 22.1 Å². The third kappa shape index (κ3) is 4.93. The van der Waals surface area contributed by atoms with E-state index in [9.17, 15) is 14.7 Å². The van der Waals surface area contributed by atoms with Crippen molar-refractivity contribution in [2.75, 3.05) is 20.3 Å². The van der Waals surface area contributed by atoms with Gasteiger partial charge in [0, 0.05) is 36.5 Å². The van der Waals surface area contributed by atoms with Gasteiger partial charge in [-0.25, -0.2) is 9.37 Å². The van der Waals surface area contributed by atoms with Crippen molar-refractivity contribution < 1.29 is 32.9 Å². The molecule has 1 atom stereocenters. The van der Waals surface area contributed by atoms with Crippen molar-refractivity contribution in [3.8, 4) is 16.5 Å². The number of hydrogen-bond acceptors (Lipinski definition) is 8. The Labute approximate surface area is 234 Å². The van der Waals surface area contributed by atoms with Gasteiger partial charge in [-0.15, -0.1) is 11.3 Å². The van der Waals surface area contributed by atoms with E-state index in [-0.39, 0.29) is 24.0 Å². The Morgan fingerprint density at radius 2 is 2.02 bits per heavy atom. The Morgan fingerprint density at radius 1 is 1.30 bits per heavy atom. The molecule has 0 radical (unpaired) electrons. The van der Waals surface area contributed by atoms with Gasteiger partial charge in [-0.2, -0.15) is 0 Å². The van der Waals surface area contributed by atoms with Crippen LogP contribution in [-0.4, -0.2) is 46.9 Å². The number of pyridine rings is 1. The Bertz CT molecular complexity index is 1590. The van der Waals surface area contributed by atoms with Crippen LogP contribution in [0.4, 0.5) is 4.39 Å². The molecule has 212 valence electrons. The zero-order valence-electron chi connectivity index (χ0n) is 22.7. The number of ether oxygens (including phenoxy) is 3. The summed E-state index contributed by atoms with van der Waals surface area (Å²) in [7, 11) is 1.56. The number of carboxylic acid groups (broad SMARTS) is 1. The van der Waals surface area contributed by atoms with Gasteiger partial charge in [-0.05, 0) is 39.7 Å². The highest BCUT2D eigenvalue weighted by molar-refractivity contribution is 7.21. The topological polar surface area (TPSA) is 113 Å². The lowest BCUT2D eigenvalue weighted by molar-refractivity contribution is -0.142. The van der Waals surface area contributed by atoms with Crippen LogP contribution in [0.25, 0.3) is 15.6 Å². The first-order valence-electron chi connectivity index (χ1n) is 13.0. The molecular formula is C29H31FN2O7S. The second kappa shape index (κ2) is 11.1. The van der Waals surface area contributed by atoms with Crippen LogP contribution in [0.2, 0.25) is 0 Å². The van der Waals surface area contributed by atoms with Gasteiger partial charge < -0.3 is 23.7 Å². The van der Waals surface area contributed by atoms with Crippen molar-refractivity contribution in [2.24, 2.45) is 0 Å². The van der Waals surface area contributed by atoms with E-state index in [1.807, 2.05) is 24.3 Å². The molecule has 40 heavy (non-hydrogen) atoms. The van der Waals surface area contributed by atoms with Crippen LogP contribution in [0, 0.1) is 12.7 Å². The van der Waals surface area contributed by atoms with Crippen molar-refractivity contribution in [2.45, 2.75) is 57.7 Å². The Balaban J connectivity index is 1.75. The van der Waals surface area contributed by atoms with Gasteiger partial charge >= 0.3 is 5.97 Å². The van der Waals surface area contributed by atoms with E-state index < -0.39 is 34.4 Å². The lowest BCUT2D eigenvalue weighted by atomic mass is 9.83. The second-order valence-electron chi connectivity index (χ2n) is 10.3. The number of methoxy groups -OCH3 is 1. The summed E-state index contributed by atoms with van der Waals surface area (Å²) in [4.78, 5) is 31.1. The van der Waals surface area contributed by atoms with Gasteiger partial charge in [0.2, 0.25) is 5.89 Å². The largest absolute Gasteiger partial charge is 0.496 e. The molecule has 0 spiro atoms. The highest BCUT2D eigenvalue weighted by Crippen LogP contribution is 2.40. The number of nitrogens with zero attached hydrogens (tertiary/aromatic N) is 2. The lowest BCUT2D eigenvalue weighted by Gasteiger charge is -2.29. The molecule has 4 aromatic rings. The Kier molecular flexibility index (Phi) is 7.80. The van der Waals surface area contributed by atoms with Gasteiger partial charge in [0.05, 0.1) is 36.5 Å². The number of aromatic nitrogens is 2. The van der Waals surface area contributed by atoms with E-state index in [1.165, 1.54) is 42.0 Å². The molecule has 1 aliphatic rings. The van der Waals surface area contributed by atoms with E-state index in [1.54, 1.807) is 14.0 Å². The number of halogens is 1. The molecule has 1 aromatic carbocycles. The zero-order chi connectivity index (χ0) is 28.6. The number of oxazole rings is 1. The first kappa shape index (κ1) is 28.0. The highest BCUT2D eigenvalue weighted by Gasteiger charge is 2.39. The maximum Gasteiger partial charge on any atom is 0.313 e. The zero-order valence-corrected chi connectivity index (χ0v) is 23.5. The minimum absolute atomic E-state index is 0.0288. The normalized spacial score (nSPS) is 15.4. The minimum Gasteiger partial charge on any atom is -0.496 e. The standard InChI is InChI=1S/C29H31FN2O7S/c1-16-24(25-31-11-14-38-25)40-27-19(23(30)22(26(33)32(16)27)29(2,3)28(34)35)15-21(39-17-9-12-37-13-10-17)18-7-5-6-8-20(18)36-4/h5-8,11,14,17,21H,9-10,12-13,15H2,1-4H3,(H,34,35)/t21-/m0/s1. The molecule has 9 nitrogen and oxygen atoms in total.